The van der Waals surface area contributed by atoms with Crippen LogP contribution in [0.5, 0.6) is 11.5 Å². The standard InChI is InChI=1S/C28H39F2N3O4/c1-21(26(34)19-32-14-18-36-24-10-6-23(7-11-24)27(31)35)20-37-25-8-4-22(5-9-25)3-2-15-33-16-12-28(29,30)13-17-33/h4-11,21,26,32,34H,2-3,12-20H2,1H3,(H2,31,35). The van der Waals surface area contributed by atoms with Gasteiger partial charge in [-0.15, -0.1) is 0 Å². The van der Waals surface area contributed by atoms with Crippen LogP contribution in [0, 0.1) is 5.92 Å². The first kappa shape index (κ1) is 28.8. The maximum atomic E-state index is 13.3. The van der Waals surface area contributed by atoms with Gasteiger partial charge in [-0.2, -0.15) is 0 Å². The zero-order chi connectivity index (χ0) is 26.7. The number of benzene rings is 2. The van der Waals surface area contributed by atoms with Gasteiger partial charge in [-0.3, -0.25) is 4.79 Å². The molecule has 7 nitrogen and oxygen atoms in total. The fraction of sp³-hybridized carbons (Fsp3) is 0.536. The lowest BCUT2D eigenvalue weighted by atomic mass is 10.1. The number of ether oxygens (including phenoxy) is 2. The molecule has 2 unspecified atom stereocenters. The molecule has 0 spiro atoms. The number of nitrogens with one attached hydrogen (secondary N) is 1. The third-order valence-electron chi connectivity index (χ3n) is 6.66. The molecule has 3 rings (SSSR count). The lowest BCUT2D eigenvalue weighted by Gasteiger charge is -2.31. The molecule has 0 aliphatic carbocycles. The number of aliphatic hydroxyl groups is 1. The number of carbonyl (C=O) groups excluding carboxylic acids is 1. The normalized spacial score (nSPS) is 17.2. The van der Waals surface area contributed by atoms with Crippen LogP contribution in [0.25, 0.3) is 0 Å². The van der Waals surface area contributed by atoms with Crippen molar-refractivity contribution < 1.29 is 28.2 Å². The molecule has 1 aliphatic rings. The molecule has 4 N–H and O–H groups in total. The number of carbonyl (C=O) groups is 1. The van der Waals surface area contributed by atoms with Crippen LogP contribution in [-0.2, 0) is 6.42 Å². The fourth-order valence-corrected chi connectivity index (χ4v) is 4.11. The maximum absolute atomic E-state index is 13.3. The zero-order valence-electron chi connectivity index (χ0n) is 21.5. The van der Waals surface area contributed by atoms with Crippen LogP contribution in [0.15, 0.2) is 48.5 Å². The van der Waals surface area contributed by atoms with Gasteiger partial charge in [0.15, 0.2) is 0 Å². The molecule has 0 radical (unpaired) electrons. The van der Waals surface area contributed by atoms with Crippen LogP contribution in [-0.4, -0.2) is 73.9 Å². The Morgan fingerprint density at radius 1 is 1.08 bits per heavy atom. The molecule has 2 aromatic carbocycles. The van der Waals surface area contributed by atoms with Gasteiger partial charge in [-0.1, -0.05) is 19.1 Å². The molecule has 2 atom stereocenters. The molecule has 0 aromatic heterocycles. The smallest absolute Gasteiger partial charge is 0.250 e. The number of piperidine rings is 1. The zero-order valence-corrected chi connectivity index (χ0v) is 21.5. The van der Waals surface area contributed by atoms with Crippen molar-refractivity contribution in [1.29, 1.82) is 0 Å². The van der Waals surface area contributed by atoms with Crippen molar-refractivity contribution in [3.8, 4) is 11.5 Å². The van der Waals surface area contributed by atoms with Crippen molar-refractivity contribution >= 4 is 5.91 Å². The second-order valence-corrected chi connectivity index (χ2v) is 9.74. The van der Waals surface area contributed by atoms with Gasteiger partial charge in [-0.25, -0.2) is 8.78 Å². The molecule has 2 aromatic rings. The minimum absolute atomic E-state index is 0.0354. The van der Waals surface area contributed by atoms with E-state index in [1.807, 2.05) is 31.2 Å². The number of primary amides is 1. The summed E-state index contributed by atoms with van der Waals surface area (Å²) in [5.41, 5.74) is 6.85. The van der Waals surface area contributed by atoms with Crippen LogP contribution in [0.3, 0.4) is 0 Å². The van der Waals surface area contributed by atoms with Crippen molar-refractivity contribution in [1.82, 2.24) is 10.2 Å². The number of likely N-dealkylation sites (tertiary alicyclic amines) is 1. The van der Waals surface area contributed by atoms with E-state index in [1.54, 1.807) is 24.3 Å². The van der Waals surface area contributed by atoms with Crippen molar-refractivity contribution in [2.45, 2.75) is 44.6 Å². The molecule has 37 heavy (non-hydrogen) atoms. The van der Waals surface area contributed by atoms with Crippen LogP contribution in [0.1, 0.15) is 42.1 Å². The molecule has 1 aliphatic heterocycles. The van der Waals surface area contributed by atoms with E-state index in [-0.39, 0.29) is 18.8 Å². The quantitative estimate of drug-likeness (QED) is 0.312. The Morgan fingerprint density at radius 2 is 1.70 bits per heavy atom. The highest BCUT2D eigenvalue weighted by molar-refractivity contribution is 5.92. The van der Waals surface area contributed by atoms with E-state index < -0.39 is 17.9 Å². The minimum atomic E-state index is -2.49. The molecular formula is C28H39F2N3O4. The predicted octanol–water partition coefficient (Wildman–Crippen LogP) is 3.49. The molecule has 0 saturated carbocycles. The first-order valence-electron chi connectivity index (χ1n) is 13.0. The largest absolute Gasteiger partial charge is 0.493 e. The second kappa shape index (κ2) is 14.3. The number of aliphatic hydroxyl groups excluding tert-OH is 1. The predicted molar refractivity (Wildman–Crippen MR) is 139 cm³/mol. The van der Waals surface area contributed by atoms with Gasteiger partial charge in [0.2, 0.25) is 5.91 Å². The number of alkyl halides is 2. The Morgan fingerprint density at radius 3 is 2.35 bits per heavy atom. The van der Waals surface area contributed by atoms with Crippen molar-refractivity contribution in [3.63, 3.8) is 0 Å². The number of rotatable bonds is 15. The number of halogens is 2. The van der Waals surface area contributed by atoms with Crippen LogP contribution >= 0.6 is 0 Å². The Kier molecular flexibility index (Phi) is 11.1. The molecule has 0 bridgehead atoms. The number of hydrogen-bond acceptors (Lipinski definition) is 6. The summed E-state index contributed by atoms with van der Waals surface area (Å²) in [4.78, 5) is 13.2. The van der Waals surface area contributed by atoms with E-state index in [0.717, 1.165) is 25.1 Å². The molecule has 9 heteroatoms. The summed E-state index contributed by atoms with van der Waals surface area (Å²) in [6, 6.07) is 14.6. The summed E-state index contributed by atoms with van der Waals surface area (Å²) in [6.45, 7) is 5.53. The average Bonchev–Trinajstić information content (AvgIpc) is 2.89. The van der Waals surface area contributed by atoms with E-state index in [1.165, 1.54) is 5.56 Å². The van der Waals surface area contributed by atoms with Gasteiger partial charge in [0.25, 0.3) is 5.92 Å². The first-order chi connectivity index (χ1) is 17.7. The van der Waals surface area contributed by atoms with Gasteiger partial charge in [0.1, 0.15) is 18.1 Å². The summed E-state index contributed by atoms with van der Waals surface area (Å²) in [6.07, 6.45) is 1.20. The fourth-order valence-electron chi connectivity index (χ4n) is 4.11. The number of nitrogens with two attached hydrogens (primary N) is 1. The minimum Gasteiger partial charge on any atom is -0.493 e. The highest BCUT2D eigenvalue weighted by atomic mass is 19.3. The van der Waals surface area contributed by atoms with Crippen LogP contribution in [0.4, 0.5) is 8.78 Å². The Bertz CT molecular complexity index is 947. The topological polar surface area (TPSA) is 97.1 Å². The third-order valence-corrected chi connectivity index (χ3v) is 6.66. The Labute approximate surface area is 217 Å². The average molecular weight is 520 g/mol. The number of nitrogens with zero attached hydrogens (tertiary/aromatic N) is 1. The van der Waals surface area contributed by atoms with E-state index in [0.29, 0.717) is 50.7 Å². The highest BCUT2D eigenvalue weighted by Gasteiger charge is 2.33. The van der Waals surface area contributed by atoms with E-state index in [9.17, 15) is 18.7 Å². The second-order valence-electron chi connectivity index (χ2n) is 9.74. The summed E-state index contributed by atoms with van der Waals surface area (Å²) in [7, 11) is 0. The summed E-state index contributed by atoms with van der Waals surface area (Å²) < 4.78 is 38.0. The Balaban J connectivity index is 1.25. The van der Waals surface area contributed by atoms with Gasteiger partial charge in [-0.05, 0) is 61.3 Å². The molecule has 204 valence electrons. The van der Waals surface area contributed by atoms with Crippen LogP contribution < -0.4 is 20.5 Å². The summed E-state index contributed by atoms with van der Waals surface area (Å²) in [5, 5.41) is 13.6. The number of hydrogen-bond donors (Lipinski definition) is 3. The molecule has 1 amide bonds. The van der Waals surface area contributed by atoms with Gasteiger partial charge in [0.05, 0.1) is 12.7 Å². The van der Waals surface area contributed by atoms with Gasteiger partial charge in [0, 0.05) is 50.5 Å². The molecule has 1 fully saturated rings. The first-order valence-corrected chi connectivity index (χ1v) is 13.0. The maximum Gasteiger partial charge on any atom is 0.250 e. The molecule has 1 saturated heterocycles. The Hall–Kier alpha value is -2.75. The highest BCUT2D eigenvalue weighted by Crippen LogP contribution is 2.27. The van der Waals surface area contributed by atoms with Crippen molar-refractivity contribution in [3.05, 3.63) is 59.7 Å². The number of amides is 1. The van der Waals surface area contributed by atoms with E-state index in [2.05, 4.69) is 10.2 Å². The lowest BCUT2D eigenvalue weighted by molar-refractivity contribution is -0.0551. The monoisotopic (exact) mass is 519 g/mol. The van der Waals surface area contributed by atoms with Crippen molar-refractivity contribution in [2.24, 2.45) is 11.7 Å². The van der Waals surface area contributed by atoms with Gasteiger partial charge >= 0.3 is 0 Å². The SMILES string of the molecule is CC(COc1ccc(CCCN2CCC(F)(F)CC2)cc1)C(O)CNCCOc1ccc(C(N)=O)cc1. The summed E-state index contributed by atoms with van der Waals surface area (Å²) in [5.74, 6) is -1.63. The van der Waals surface area contributed by atoms with E-state index in [4.69, 9.17) is 15.2 Å². The summed E-state index contributed by atoms with van der Waals surface area (Å²) >= 11 is 0. The number of aryl methyl sites for hydroxylation is 1. The van der Waals surface area contributed by atoms with Crippen LogP contribution in [0.2, 0.25) is 0 Å². The lowest BCUT2D eigenvalue weighted by Crippen LogP contribution is -2.39. The van der Waals surface area contributed by atoms with E-state index >= 15 is 0 Å². The van der Waals surface area contributed by atoms with Gasteiger partial charge < -0.3 is 30.5 Å². The molecular weight excluding hydrogens is 480 g/mol. The third kappa shape index (κ3) is 10.3. The molecule has 1 heterocycles. The van der Waals surface area contributed by atoms with Crippen molar-refractivity contribution in [2.75, 3.05) is 45.9 Å².